The maximum atomic E-state index is 2.42. The van der Waals surface area contributed by atoms with Crippen molar-refractivity contribution in [2.45, 2.75) is 25.7 Å². The van der Waals surface area contributed by atoms with E-state index in [4.69, 9.17) is 0 Å². The first kappa shape index (κ1) is 38.5. The summed E-state index contributed by atoms with van der Waals surface area (Å²) in [6.45, 7) is 0. The zero-order chi connectivity index (χ0) is 41.5. The first-order valence-electron chi connectivity index (χ1n) is 21.8. The predicted octanol–water partition coefficient (Wildman–Crippen LogP) is 16.8. The molecule has 0 atom stereocenters. The predicted molar refractivity (Wildman–Crippen MR) is 264 cm³/mol. The van der Waals surface area contributed by atoms with E-state index in [9.17, 15) is 0 Å². The summed E-state index contributed by atoms with van der Waals surface area (Å²) < 4.78 is 0. The van der Waals surface area contributed by atoms with Gasteiger partial charge in [-0.15, -0.1) is 0 Å². The average Bonchev–Trinajstić information content (AvgIpc) is 3.36. The standard InChI is InChI=1S/C60H48N2/c1-5-13-45(14-6-1)49-21-33-55(34-22-49)61(56-35-23-50(24-36-56)46-15-7-2-8-16-46)59-41-29-53(30-42-59)54-31-43-60(44-32-54)62(57-37-25-51(26-38-57)47-17-9-3-10-18-47)58-39-27-52(28-40-58)48-19-11-4-12-20-48/h1-11,13-19,21-23,25-35,37-44H,12,20,24,36H2. The van der Waals surface area contributed by atoms with Gasteiger partial charge in [-0.2, -0.15) is 0 Å². The summed E-state index contributed by atoms with van der Waals surface area (Å²) in [5.41, 5.74) is 19.5. The lowest BCUT2D eigenvalue weighted by molar-refractivity contribution is 0.930. The van der Waals surface area contributed by atoms with Crippen molar-refractivity contribution in [1.82, 2.24) is 0 Å². The van der Waals surface area contributed by atoms with Crippen molar-refractivity contribution >= 4 is 39.6 Å². The van der Waals surface area contributed by atoms with E-state index < -0.39 is 0 Å². The molecule has 0 fully saturated rings. The highest BCUT2D eigenvalue weighted by Crippen LogP contribution is 2.40. The third kappa shape index (κ3) is 8.37. The Labute approximate surface area is 366 Å². The topological polar surface area (TPSA) is 6.48 Å². The van der Waals surface area contributed by atoms with Crippen LogP contribution in [0.4, 0.5) is 28.4 Å². The van der Waals surface area contributed by atoms with Crippen LogP contribution in [0.1, 0.15) is 36.8 Å². The van der Waals surface area contributed by atoms with Gasteiger partial charge >= 0.3 is 0 Å². The molecule has 62 heavy (non-hydrogen) atoms. The highest BCUT2D eigenvalue weighted by atomic mass is 15.2. The highest BCUT2D eigenvalue weighted by molar-refractivity contribution is 5.82. The molecule has 10 rings (SSSR count). The number of hydrogen-bond acceptors (Lipinski definition) is 2. The molecule has 0 saturated heterocycles. The Balaban J connectivity index is 0.953. The molecular formula is C60H48N2. The van der Waals surface area contributed by atoms with Crippen molar-refractivity contribution in [3.63, 3.8) is 0 Å². The Bertz CT molecular complexity index is 2870. The molecule has 0 bridgehead atoms. The van der Waals surface area contributed by atoms with Gasteiger partial charge in [0.15, 0.2) is 0 Å². The molecule has 8 aromatic carbocycles. The van der Waals surface area contributed by atoms with Crippen molar-refractivity contribution in [1.29, 1.82) is 0 Å². The molecule has 0 radical (unpaired) electrons. The van der Waals surface area contributed by atoms with Crippen LogP contribution in [0.2, 0.25) is 0 Å². The van der Waals surface area contributed by atoms with Crippen LogP contribution in [0.15, 0.2) is 248 Å². The van der Waals surface area contributed by atoms with Gasteiger partial charge in [-0.05, 0) is 148 Å². The van der Waals surface area contributed by atoms with Crippen LogP contribution in [0.25, 0.3) is 44.5 Å². The quantitative estimate of drug-likeness (QED) is 0.129. The lowest BCUT2D eigenvalue weighted by atomic mass is 9.94. The van der Waals surface area contributed by atoms with Gasteiger partial charge < -0.3 is 9.80 Å². The molecule has 0 amide bonds. The minimum Gasteiger partial charge on any atom is -0.314 e. The summed E-state index contributed by atoms with van der Waals surface area (Å²) in [6.07, 6.45) is 15.4. The largest absolute Gasteiger partial charge is 0.314 e. The first-order valence-corrected chi connectivity index (χ1v) is 21.8. The minimum atomic E-state index is 0.952. The zero-order valence-corrected chi connectivity index (χ0v) is 34.8. The second-order valence-corrected chi connectivity index (χ2v) is 16.0. The van der Waals surface area contributed by atoms with E-state index >= 15 is 0 Å². The Morgan fingerprint density at radius 3 is 0.968 bits per heavy atom. The van der Waals surface area contributed by atoms with E-state index in [0.717, 1.165) is 54.1 Å². The van der Waals surface area contributed by atoms with Crippen molar-refractivity contribution in [3.8, 4) is 33.4 Å². The Kier molecular flexibility index (Phi) is 11.1. The molecular weight excluding hydrogens is 749 g/mol. The van der Waals surface area contributed by atoms with Crippen LogP contribution in [0.3, 0.4) is 0 Å². The van der Waals surface area contributed by atoms with Gasteiger partial charge in [-0.3, -0.25) is 0 Å². The van der Waals surface area contributed by atoms with Crippen LogP contribution in [0, 0.1) is 0 Å². The fraction of sp³-hybridized carbons (Fsp3) is 0.0667. The maximum absolute atomic E-state index is 2.42. The highest BCUT2D eigenvalue weighted by Gasteiger charge is 2.19. The lowest BCUT2D eigenvalue weighted by Crippen LogP contribution is -2.17. The molecule has 0 aromatic heterocycles. The summed E-state index contributed by atoms with van der Waals surface area (Å²) in [4.78, 5) is 4.78. The van der Waals surface area contributed by atoms with E-state index in [0.29, 0.717) is 0 Å². The average molecular weight is 797 g/mol. The van der Waals surface area contributed by atoms with E-state index in [2.05, 4.69) is 253 Å². The zero-order valence-electron chi connectivity index (χ0n) is 34.8. The molecule has 2 aliphatic carbocycles. The molecule has 0 N–H and O–H groups in total. The van der Waals surface area contributed by atoms with Gasteiger partial charge in [0.05, 0.1) is 0 Å². The number of nitrogens with zero attached hydrogens (tertiary/aromatic N) is 2. The molecule has 0 spiro atoms. The van der Waals surface area contributed by atoms with Crippen molar-refractivity contribution < 1.29 is 0 Å². The van der Waals surface area contributed by atoms with Gasteiger partial charge in [0.1, 0.15) is 0 Å². The summed E-state index contributed by atoms with van der Waals surface area (Å²) >= 11 is 0. The van der Waals surface area contributed by atoms with Crippen LogP contribution in [-0.4, -0.2) is 0 Å². The molecule has 298 valence electrons. The third-order valence-corrected chi connectivity index (χ3v) is 12.1. The van der Waals surface area contributed by atoms with Gasteiger partial charge in [0.25, 0.3) is 0 Å². The molecule has 0 heterocycles. The van der Waals surface area contributed by atoms with Crippen LogP contribution in [0.5, 0.6) is 0 Å². The monoisotopic (exact) mass is 796 g/mol. The maximum Gasteiger partial charge on any atom is 0.0462 e. The van der Waals surface area contributed by atoms with Gasteiger partial charge in [0.2, 0.25) is 0 Å². The van der Waals surface area contributed by atoms with E-state index in [1.807, 2.05) is 0 Å². The van der Waals surface area contributed by atoms with E-state index in [1.54, 1.807) is 0 Å². The molecule has 2 heteroatoms. The second kappa shape index (κ2) is 17.9. The van der Waals surface area contributed by atoms with Gasteiger partial charge in [-0.1, -0.05) is 176 Å². The molecule has 0 unspecified atom stereocenters. The van der Waals surface area contributed by atoms with Gasteiger partial charge in [-0.25, -0.2) is 0 Å². The SMILES string of the molecule is C1=CCCC(c2ccc(N(c3ccc(-c4ccccc4)cc3)c3ccc(-c4ccc(N(C5=CC=C(c6ccccc6)CC5)c5ccc(-c6ccccc6)cc5)cc4)cc3)cc2)=C1. The summed E-state index contributed by atoms with van der Waals surface area (Å²) in [5.74, 6) is 0. The number of benzene rings is 8. The van der Waals surface area contributed by atoms with E-state index in [1.165, 1.54) is 61.4 Å². The van der Waals surface area contributed by atoms with Crippen molar-refractivity contribution in [2.75, 3.05) is 9.80 Å². The summed E-state index contributed by atoms with van der Waals surface area (Å²) in [5, 5.41) is 0. The molecule has 2 nitrogen and oxygen atoms in total. The number of allylic oxidation sites excluding steroid dienone is 8. The van der Waals surface area contributed by atoms with Crippen LogP contribution >= 0.6 is 0 Å². The Morgan fingerprint density at radius 2 is 0.597 bits per heavy atom. The van der Waals surface area contributed by atoms with Crippen LogP contribution in [-0.2, 0) is 0 Å². The first-order chi connectivity index (χ1) is 30.7. The Hall–Kier alpha value is -7.68. The van der Waals surface area contributed by atoms with Crippen molar-refractivity contribution in [3.05, 3.63) is 260 Å². The molecule has 0 saturated carbocycles. The molecule has 2 aliphatic rings. The van der Waals surface area contributed by atoms with E-state index in [-0.39, 0.29) is 0 Å². The third-order valence-electron chi connectivity index (χ3n) is 12.1. The normalized spacial score (nSPS) is 13.5. The number of rotatable bonds is 11. The molecule has 0 aliphatic heterocycles. The molecule has 8 aromatic rings. The van der Waals surface area contributed by atoms with Crippen molar-refractivity contribution in [2.24, 2.45) is 0 Å². The lowest BCUT2D eigenvalue weighted by Gasteiger charge is -2.30. The Morgan fingerprint density at radius 1 is 0.258 bits per heavy atom. The minimum absolute atomic E-state index is 0.952. The van der Waals surface area contributed by atoms with Gasteiger partial charge in [0, 0.05) is 34.1 Å². The fourth-order valence-electron chi connectivity index (χ4n) is 8.77. The smallest absolute Gasteiger partial charge is 0.0462 e. The summed E-state index contributed by atoms with van der Waals surface area (Å²) in [6, 6.07) is 77.0. The second-order valence-electron chi connectivity index (χ2n) is 16.0. The number of hydrogen-bond donors (Lipinski definition) is 0. The fourth-order valence-corrected chi connectivity index (χ4v) is 8.77. The van der Waals surface area contributed by atoms with Crippen LogP contribution < -0.4 is 9.80 Å². The number of anilines is 5. The summed E-state index contributed by atoms with van der Waals surface area (Å²) in [7, 11) is 0.